The molecule has 0 heterocycles. The summed E-state index contributed by atoms with van der Waals surface area (Å²) in [6.07, 6.45) is 1.03. The molecule has 0 saturated carbocycles. The predicted molar refractivity (Wildman–Crippen MR) is 74.9 cm³/mol. The van der Waals surface area contributed by atoms with Crippen molar-refractivity contribution >= 4 is 0 Å². The van der Waals surface area contributed by atoms with Crippen LogP contribution in [-0.4, -0.2) is 24.9 Å². The standard InChI is InChI=1S/C15H25NO2/c1-4-9-18-15-7-5-14(6-8-15)13(3)16-10-12(2)11-17/h5-8,12-13,16-17H,4,9-11H2,1-3H3. The van der Waals surface area contributed by atoms with Crippen LogP contribution in [0.25, 0.3) is 0 Å². The number of aliphatic hydroxyl groups excluding tert-OH is 1. The predicted octanol–water partition coefficient (Wildman–Crippen LogP) is 2.75. The SMILES string of the molecule is CCCOc1ccc(C(C)NCC(C)CO)cc1. The molecule has 102 valence electrons. The Balaban J connectivity index is 2.45. The Morgan fingerprint density at radius 3 is 2.44 bits per heavy atom. The fourth-order valence-corrected chi connectivity index (χ4v) is 1.63. The molecule has 0 radical (unpaired) electrons. The fraction of sp³-hybridized carbons (Fsp3) is 0.600. The largest absolute Gasteiger partial charge is 0.494 e. The molecule has 0 fully saturated rings. The van der Waals surface area contributed by atoms with Crippen molar-refractivity contribution in [2.45, 2.75) is 33.2 Å². The van der Waals surface area contributed by atoms with E-state index in [9.17, 15) is 0 Å². The quantitative estimate of drug-likeness (QED) is 0.746. The van der Waals surface area contributed by atoms with Crippen molar-refractivity contribution in [1.29, 1.82) is 0 Å². The molecule has 0 amide bonds. The number of hydrogen-bond acceptors (Lipinski definition) is 3. The Labute approximate surface area is 110 Å². The Bertz CT molecular complexity index is 324. The number of aliphatic hydroxyl groups is 1. The maximum atomic E-state index is 8.98. The maximum absolute atomic E-state index is 8.98. The van der Waals surface area contributed by atoms with Gasteiger partial charge in [0, 0.05) is 19.2 Å². The van der Waals surface area contributed by atoms with E-state index in [1.165, 1.54) is 5.56 Å². The highest BCUT2D eigenvalue weighted by Gasteiger charge is 2.07. The Morgan fingerprint density at radius 2 is 1.89 bits per heavy atom. The molecule has 3 nitrogen and oxygen atoms in total. The first-order valence-corrected chi connectivity index (χ1v) is 6.74. The molecule has 1 aromatic carbocycles. The van der Waals surface area contributed by atoms with E-state index in [4.69, 9.17) is 9.84 Å². The van der Waals surface area contributed by atoms with Gasteiger partial charge in [0.15, 0.2) is 0 Å². The minimum absolute atomic E-state index is 0.226. The lowest BCUT2D eigenvalue weighted by atomic mass is 10.1. The summed E-state index contributed by atoms with van der Waals surface area (Å²) in [6.45, 7) is 8.08. The number of rotatable bonds is 8. The van der Waals surface area contributed by atoms with Gasteiger partial charge in [-0.1, -0.05) is 26.0 Å². The number of ether oxygens (including phenoxy) is 1. The summed E-state index contributed by atoms with van der Waals surface area (Å²) < 4.78 is 5.55. The van der Waals surface area contributed by atoms with Crippen molar-refractivity contribution in [3.63, 3.8) is 0 Å². The molecule has 18 heavy (non-hydrogen) atoms. The minimum atomic E-state index is 0.226. The molecule has 1 rings (SSSR count). The lowest BCUT2D eigenvalue weighted by Gasteiger charge is -2.17. The van der Waals surface area contributed by atoms with Crippen LogP contribution in [0.15, 0.2) is 24.3 Å². The average Bonchev–Trinajstić information content (AvgIpc) is 2.42. The van der Waals surface area contributed by atoms with Crippen molar-refractivity contribution < 1.29 is 9.84 Å². The highest BCUT2D eigenvalue weighted by molar-refractivity contribution is 5.28. The summed E-state index contributed by atoms with van der Waals surface area (Å²) in [6, 6.07) is 8.50. The average molecular weight is 251 g/mol. The van der Waals surface area contributed by atoms with Gasteiger partial charge >= 0.3 is 0 Å². The fourth-order valence-electron chi connectivity index (χ4n) is 1.63. The molecule has 3 heteroatoms. The molecule has 0 saturated heterocycles. The van der Waals surface area contributed by atoms with Crippen molar-refractivity contribution in [2.24, 2.45) is 5.92 Å². The van der Waals surface area contributed by atoms with Crippen LogP contribution in [0.5, 0.6) is 5.75 Å². The van der Waals surface area contributed by atoms with E-state index < -0.39 is 0 Å². The number of hydrogen-bond donors (Lipinski definition) is 2. The van der Waals surface area contributed by atoms with Gasteiger partial charge < -0.3 is 15.2 Å². The molecule has 1 aromatic rings. The van der Waals surface area contributed by atoms with Crippen LogP contribution in [0.3, 0.4) is 0 Å². The molecule has 2 unspecified atom stereocenters. The minimum Gasteiger partial charge on any atom is -0.494 e. The summed E-state index contributed by atoms with van der Waals surface area (Å²) >= 11 is 0. The van der Waals surface area contributed by atoms with Gasteiger partial charge in [-0.05, 0) is 37.0 Å². The number of benzene rings is 1. The van der Waals surface area contributed by atoms with E-state index in [2.05, 4.69) is 31.3 Å². The van der Waals surface area contributed by atoms with Gasteiger partial charge in [0.25, 0.3) is 0 Å². The van der Waals surface area contributed by atoms with Crippen molar-refractivity contribution in [1.82, 2.24) is 5.32 Å². The summed E-state index contributed by atoms with van der Waals surface area (Å²) in [5, 5.41) is 12.4. The van der Waals surface area contributed by atoms with Gasteiger partial charge in [-0.15, -0.1) is 0 Å². The van der Waals surface area contributed by atoms with Crippen molar-refractivity contribution in [3.8, 4) is 5.75 Å². The highest BCUT2D eigenvalue weighted by atomic mass is 16.5. The second-order valence-corrected chi connectivity index (χ2v) is 4.84. The van der Waals surface area contributed by atoms with Crippen LogP contribution >= 0.6 is 0 Å². The van der Waals surface area contributed by atoms with Gasteiger partial charge in [0.05, 0.1) is 6.61 Å². The lowest BCUT2D eigenvalue weighted by molar-refractivity contribution is 0.231. The van der Waals surface area contributed by atoms with Gasteiger partial charge in [-0.3, -0.25) is 0 Å². The van der Waals surface area contributed by atoms with Crippen LogP contribution in [0, 0.1) is 5.92 Å². The van der Waals surface area contributed by atoms with Crippen LogP contribution in [0.2, 0.25) is 0 Å². The monoisotopic (exact) mass is 251 g/mol. The second-order valence-electron chi connectivity index (χ2n) is 4.84. The van der Waals surface area contributed by atoms with Crippen molar-refractivity contribution in [2.75, 3.05) is 19.8 Å². The molecule has 0 aliphatic rings. The highest BCUT2D eigenvalue weighted by Crippen LogP contribution is 2.17. The smallest absolute Gasteiger partial charge is 0.119 e. The normalized spacial score (nSPS) is 14.2. The van der Waals surface area contributed by atoms with Crippen LogP contribution < -0.4 is 10.1 Å². The molecule has 0 aliphatic heterocycles. The van der Waals surface area contributed by atoms with Crippen LogP contribution in [0.1, 0.15) is 38.8 Å². The molecular weight excluding hydrogens is 226 g/mol. The third-order valence-corrected chi connectivity index (χ3v) is 2.94. The zero-order valence-electron chi connectivity index (χ0n) is 11.6. The van der Waals surface area contributed by atoms with Gasteiger partial charge in [0.1, 0.15) is 5.75 Å². The van der Waals surface area contributed by atoms with Crippen molar-refractivity contribution in [3.05, 3.63) is 29.8 Å². The van der Waals surface area contributed by atoms with E-state index in [0.29, 0.717) is 12.0 Å². The molecule has 0 aromatic heterocycles. The molecule has 0 spiro atoms. The van der Waals surface area contributed by atoms with Crippen LogP contribution in [0.4, 0.5) is 0 Å². The first-order valence-electron chi connectivity index (χ1n) is 6.74. The molecule has 0 bridgehead atoms. The van der Waals surface area contributed by atoms with Gasteiger partial charge in [-0.25, -0.2) is 0 Å². The second kappa shape index (κ2) is 8.11. The van der Waals surface area contributed by atoms with E-state index in [1.54, 1.807) is 0 Å². The third-order valence-electron chi connectivity index (χ3n) is 2.94. The zero-order valence-corrected chi connectivity index (χ0v) is 11.6. The maximum Gasteiger partial charge on any atom is 0.119 e. The summed E-state index contributed by atoms with van der Waals surface area (Å²) in [5.41, 5.74) is 1.24. The van der Waals surface area contributed by atoms with E-state index in [0.717, 1.165) is 25.3 Å². The molecular formula is C15H25NO2. The topological polar surface area (TPSA) is 41.5 Å². The molecule has 2 N–H and O–H groups in total. The van der Waals surface area contributed by atoms with E-state index in [1.807, 2.05) is 19.1 Å². The lowest BCUT2D eigenvalue weighted by Crippen LogP contribution is -2.26. The summed E-state index contributed by atoms with van der Waals surface area (Å²) in [7, 11) is 0. The third kappa shape index (κ3) is 5.07. The Morgan fingerprint density at radius 1 is 1.22 bits per heavy atom. The van der Waals surface area contributed by atoms with Gasteiger partial charge in [0.2, 0.25) is 0 Å². The first kappa shape index (κ1) is 15.0. The Kier molecular flexibility index (Phi) is 6.76. The molecule has 0 aliphatic carbocycles. The van der Waals surface area contributed by atoms with E-state index in [-0.39, 0.29) is 6.61 Å². The molecule has 2 atom stereocenters. The van der Waals surface area contributed by atoms with Gasteiger partial charge in [-0.2, -0.15) is 0 Å². The van der Waals surface area contributed by atoms with E-state index >= 15 is 0 Å². The first-order chi connectivity index (χ1) is 8.67. The number of nitrogens with one attached hydrogen (secondary N) is 1. The zero-order chi connectivity index (χ0) is 13.4. The van der Waals surface area contributed by atoms with Crippen LogP contribution in [-0.2, 0) is 0 Å². The summed E-state index contributed by atoms with van der Waals surface area (Å²) in [4.78, 5) is 0. The summed E-state index contributed by atoms with van der Waals surface area (Å²) in [5.74, 6) is 1.22. The Hall–Kier alpha value is -1.06.